The van der Waals surface area contributed by atoms with Crippen molar-refractivity contribution in [1.29, 1.82) is 5.26 Å². The number of rotatable bonds is 6. The number of halogens is 1. The number of benzene rings is 2. The lowest BCUT2D eigenvalue weighted by atomic mass is 9.97. The second-order valence-corrected chi connectivity index (χ2v) is 5.97. The molecule has 0 radical (unpaired) electrons. The summed E-state index contributed by atoms with van der Waals surface area (Å²) in [5.74, 6) is 1.10. The zero-order chi connectivity index (χ0) is 15.9. The third kappa shape index (κ3) is 4.26. The molecule has 0 fully saturated rings. The Hall–Kier alpha value is -1.98. The van der Waals surface area contributed by atoms with Crippen molar-refractivity contribution in [3.63, 3.8) is 0 Å². The molecular formula is C19H20ClNO. The number of nitriles is 1. The maximum absolute atomic E-state index is 9.33. The zero-order valence-corrected chi connectivity index (χ0v) is 13.7. The van der Waals surface area contributed by atoms with E-state index in [-0.39, 0.29) is 5.92 Å². The molecule has 0 saturated carbocycles. The van der Waals surface area contributed by atoms with Gasteiger partial charge in [0.2, 0.25) is 0 Å². The number of hydrogen-bond acceptors (Lipinski definition) is 2. The van der Waals surface area contributed by atoms with Gasteiger partial charge in [0.25, 0.3) is 0 Å². The van der Waals surface area contributed by atoms with Gasteiger partial charge in [-0.25, -0.2) is 0 Å². The second-order valence-electron chi connectivity index (χ2n) is 5.56. The summed E-state index contributed by atoms with van der Waals surface area (Å²) in [5, 5.41) is 9.97. The molecule has 0 N–H and O–H groups in total. The van der Waals surface area contributed by atoms with Crippen molar-refractivity contribution in [3.05, 3.63) is 64.7 Å². The molecule has 2 rings (SSSR count). The van der Waals surface area contributed by atoms with Crippen molar-refractivity contribution >= 4 is 11.6 Å². The highest BCUT2D eigenvalue weighted by atomic mass is 35.5. The highest BCUT2D eigenvalue weighted by molar-refractivity contribution is 6.31. The van der Waals surface area contributed by atoms with Crippen LogP contribution in [0.2, 0.25) is 5.02 Å². The van der Waals surface area contributed by atoms with Crippen LogP contribution in [-0.2, 0) is 0 Å². The molecule has 3 heteroatoms. The summed E-state index contributed by atoms with van der Waals surface area (Å²) in [6.07, 6.45) is 0.617. The molecule has 22 heavy (non-hydrogen) atoms. The van der Waals surface area contributed by atoms with E-state index in [1.807, 2.05) is 36.4 Å². The molecule has 114 valence electrons. The van der Waals surface area contributed by atoms with E-state index in [9.17, 15) is 5.26 Å². The summed E-state index contributed by atoms with van der Waals surface area (Å²) in [7, 11) is 0. The molecule has 0 amide bonds. The first-order valence-corrected chi connectivity index (χ1v) is 7.86. The molecule has 2 aromatic rings. The fourth-order valence-electron chi connectivity index (χ4n) is 2.29. The Labute approximate surface area is 137 Å². The molecular weight excluding hydrogens is 294 g/mol. The van der Waals surface area contributed by atoms with E-state index < -0.39 is 0 Å². The van der Waals surface area contributed by atoms with Gasteiger partial charge in [-0.2, -0.15) is 5.26 Å². The molecule has 2 nitrogen and oxygen atoms in total. The lowest BCUT2D eigenvalue weighted by Crippen LogP contribution is -2.05. The Bertz CT molecular complexity index is 643. The van der Waals surface area contributed by atoms with E-state index in [0.717, 1.165) is 11.3 Å². The van der Waals surface area contributed by atoms with Gasteiger partial charge in [0.05, 0.1) is 18.6 Å². The molecule has 0 saturated heterocycles. The minimum Gasteiger partial charge on any atom is -0.494 e. The topological polar surface area (TPSA) is 33.0 Å². The van der Waals surface area contributed by atoms with Crippen molar-refractivity contribution in [2.24, 2.45) is 0 Å². The van der Waals surface area contributed by atoms with Gasteiger partial charge in [-0.3, -0.25) is 0 Å². The fourth-order valence-corrected chi connectivity index (χ4v) is 2.56. The predicted molar refractivity (Wildman–Crippen MR) is 90.4 cm³/mol. The maximum atomic E-state index is 9.33. The van der Waals surface area contributed by atoms with Crippen LogP contribution in [0.5, 0.6) is 5.75 Å². The van der Waals surface area contributed by atoms with Crippen LogP contribution < -0.4 is 4.74 Å². The van der Waals surface area contributed by atoms with Gasteiger partial charge in [-0.1, -0.05) is 55.8 Å². The van der Waals surface area contributed by atoms with Crippen LogP contribution in [0.3, 0.4) is 0 Å². The third-order valence-corrected chi connectivity index (χ3v) is 4.00. The van der Waals surface area contributed by atoms with Crippen molar-refractivity contribution in [2.75, 3.05) is 6.61 Å². The van der Waals surface area contributed by atoms with Crippen molar-refractivity contribution in [3.8, 4) is 11.8 Å². The highest BCUT2D eigenvalue weighted by Gasteiger charge is 2.13. The Balaban J connectivity index is 1.92. The van der Waals surface area contributed by atoms with E-state index in [1.54, 1.807) is 0 Å². The van der Waals surface area contributed by atoms with Crippen LogP contribution in [-0.4, -0.2) is 6.61 Å². The molecule has 0 bridgehead atoms. The van der Waals surface area contributed by atoms with Crippen LogP contribution in [0.15, 0.2) is 48.5 Å². The standard InChI is InChI=1S/C19H20ClNO/c1-14(2)15-7-9-17(10-8-15)22-12-11-16(13-21)18-5-3-4-6-19(18)20/h3-10,14,16H,11-12H2,1-2H3. The summed E-state index contributed by atoms with van der Waals surface area (Å²) in [5.41, 5.74) is 2.16. The maximum Gasteiger partial charge on any atom is 0.119 e. The molecule has 1 unspecified atom stereocenters. The van der Waals surface area contributed by atoms with Crippen molar-refractivity contribution < 1.29 is 4.74 Å². The van der Waals surface area contributed by atoms with Gasteiger partial charge in [-0.15, -0.1) is 0 Å². The first-order valence-electron chi connectivity index (χ1n) is 7.48. The van der Waals surface area contributed by atoms with Gasteiger partial charge in [0, 0.05) is 11.4 Å². The Morgan fingerprint density at radius 1 is 1.09 bits per heavy atom. The van der Waals surface area contributed by atoms with E-state index in [0.29, 0.717) is 24.0 Å². The van der Waals surface area contributed by atoms with Gasteiger partial charge in [0.15, 0.2) is 0 Å². The fraction of sp³-hybridized carbons (Fsp3) is 0.316. The molecule has 0 aliphatic rings. The van der Waals surface area contributed by atoms with E-state index in [2.05, 4.69) is 32.0 Å². The minimum atomic E-state index is -0.247. The molecule has 2 aromatic carbocycles. The van der Waals surface area contributed by atoms with E-state index in [4.69, 9.17) is 16.3 Å². The zero-order valence-electron chi connectivity index (χ0n) is 12.9. The van der Waals surface area contributed by atoms with Crippen LogP contribution in [0.25, 0.3) is 0 Å². The van der Waals surface area contributed by atoms with Crippen LogP contribution >= 0.6 is 11.6 Å². The number of ether oxygens (including phenoxy) is 1. The quantitative estimate of drug-likeness (QED) is 0.701. The van der Waals surface area contributed by atoms with Gasteiger partial charge in [0.1, 0.15) is 5.75 Å². The molecule has 0 aliphatic carbocycles. The Morgan fingerprint density at radius 2 is 1.77 bits per heavy atom. The van der Waals surface area contributed by atoms with E-state index in [1.165, 1.54) is 5.56 Å². The first kappa shape index (κ1) is 16.4. The molecule has 0 heterocycles. The van der Waals surface area contributed by atoms with Gasteiger partial charge >= 0.3 is 0 Å². The van der Waals surface area contributed by atoms with Crippen molar-refractivity contribution in [1.82, 2.24) is 0 Å². The average molecular weight is 314 g/mol. The van der Waals surface area contributed by atoms with Crippen LogP contribution in [0.1, 0.15) is 43.2 Å². The van der Waals surface area contributed by atoms with E-state index >= 15 is 0 Å². The van der Waals surface area contributed by atoms with Crippen molar-refractivity contribution in [2.45, 2.75) is 32.1 Å². The normalized spacial score (nSPS) is 12.0. The Kier molecular flexibility index (Phi) is 5.86. The average Bonchev–Trinajstić information content (AvgIpc) is 2.53. The third-order valence-electron chi connectivity index (χ3n) is 3.66. The SMILES string of the molecule is CC(C)c1ccc(OCCC(C#N)c2ccccc2Cl)cc1. The smallest absolute Gasteiger partial charge is 0.119 e. The molecule has 0 aliphatic heterocycles. The lowest BCUT2D eigenvalue weighted by molar-refractivity contribution is 0.306. The largest absolute Gasteiger partial charge is 0.494 e. The summed E-state index contributed by atoms with van der Waals surface area (Å²) in [4.78, 5) is 0. The molecule has 0 aromatic heterocycles. The first-order chi connectivity index (χ1) is 10.6. The van der Waals surface area contributed by atoms with Gasteiger partial charge in [-0.05, 0) is 35.2 Å². The Morgan fingerprint density at radius 3 is 2.36 bits per heavy atom. The summed E-state index contributed by atoms with van der Waals surface area (Å²) in [6, 6.07) is 17.9. The van der Waals surface area contributed by atoms with Crippen LogP contribution in [0.4, 0.5) is 0 Å². The van der Waals surface area contributed by atoms with Crippen LogP contribution in [0, 0.1) is 11.3 Å². The summed E-state index contributed by atoms with van der Waals surface area (Å²) < 4.78 is 5.74. The minimum absolute atomic E-state index is 0.247. The number of nitrogens with zero attached hydrogens (tertiary/aromatic N) is 1. The second kappa shape index (κ2) is 7.87. The summed E-state index contributed by atoms with van der Waals surface area (Å²) >= 11 is 6.15. The molecule has 1 atom stereocenters. The molecule has 0 spiro atoms. The predicted octanol–water partition coefficient (Wildman–Crippen LogP) is 5.54. The monoisotopic (exact) mass is 313 g/mol. The summed E-state index contributed by atoms with van der Waals surface area (Å²) in [6.45, 7) is 4.82. The number of hydrogen-bond donors (Lipinski definition) is 0. The van der Waals surface area contributed by atoms with Gasteiger partial charge < -0.3 is 4.74 Å². The highest BCUT2D eigenvalue weighted by Crippen LogP contribution is 2.27. The lowest BCUT2D eigenvalue weighted by Gasteiger charge is -2.13.